The maximum atomic E-state index is 12.8. The summed E-state index contributed by atoms with van der Waals surface area (Å²) in [5.74, 6) is 0.483. The molecular weight excluding hydrogens is 396 g/mol. The van der Waals surface area contributed by atoms with Crippen LogP contribution in [0, 0.1) is 13.8 Å². The van der Waals surface area contributed by atoms with Crippen LogP contribution in [0.5, 0.6) is 17.2 Å². The zero-order valence-corrected chi connectivity index (χ0v) is 17.3. The number of aryl methyl sites for hydroxylation is 2. The molecule has 1 aromatic heterocycles. The Labute approximate surface area is 172 Å². The van der Waals surface area contributed by atoms with Gasteiger partial charge < -0.3 is 18.6 Å². The molecule has 0 radical (unpaired) electrons. The van der Waals surface area contributed by atoms with Gasteiger partial charge in [-0.25, -0.2) is 4.79 Å². The molecule has 0 saturated heterocycles. The summed E-state index contributed by atoms with van der Waals surface area (Å²) in [6.07, 6.45) is 0.473. The predicted molar refractivity (Wildman–Crippen MR) is 110 cm³/mol. The quantitative estimate of drug-likeness (QED) is 0.515. The summed E-state index contributed by atoms with van der Waals surface area (Å²) < 4.78 is 21.8. The summed E-state index contributed by atoms with van der Waals surface area (Å²) in [5.41, 5.74) is 1.70. The maximum Gasteiger partial charge on any atom is 0.347 e. The highest BCUT2D eigenvalue weighted by atomic mass is 35.5. The molecule has 0 saturated carbocycles. The smallest absolute Gasteiger partial charge is 0.347 e. The van der Waals surface area contributed by atoms with Crippen molar-refractivity contribution in [3.8, 4) is 17.2 Å². The summed E-state index contributed by atoms with van der Waals surface area (Å²) in [7, 11) is 0. The highest BCUT2D eigenvalue weighted by Crippen LogP contribution is 2.29. The Kier molecular flexibility index (Phi) is 6.13. The van der Waals surface area contributed by atoms with E-state index in [1.54, 1.807) is 44.2 Å². The van der Waals surface area contributed by atoms with E-state index in [0.717, 1.165) is 11.1 Å². The van der Waals surface area contributed by atoms with Crippen LogP contribution in [0.1, 0.15) is 25.0 Å². The van der Waals surface area contributed by atoms with Crippen molar-refractivity contribution in [1.82, 2.24) is 0 Å². The van der Waals surface area contributed by atoms with Crippen molar-refractivity contribution in [3.05, 3.63) is 63.0 Å². The first-order valence-corrected chi connectivity index (χ1v) is 9.51. The Morgan fingerprint density at radius 3 is 2.48 bits per heavy atom. The number of fused-ring (bicyclic) bond motifs is 1. The van der Waals surface area contributed by atoms with Gasteiger partial charge >= 0.3 is 5.97 Å². The van der Waals surface area contributed by atoms with E-state index in [9.17, 15) is 9.59 Å². The third-order valence-electron chi connectivity index (χ3n) is 4.28. The van der Waals surface area contributed by atoms with E-state index >= 15 is 0 Å². The number of ether oxygens (including phenoxy) is 3. The number of halogens is 1. The zero-order chi connectivity index (χ0) is 21.1. The van der Waals surface area contributed by atoms with Crippen molar-refractivity contribution >= 4 is 28.5 Å². The lowest BCUT2D eigenvalue weighted by molar-refractivity contribution is -0.150. The van der Waals surface area contributed by atoms with Gasteiger partial charge in [-0.2, -0.15) is 0 Å². The molecule has 152 valence electrons. The number of carbonyl (C=O) groups is 1. The van der Waals surface area contributed by atoms with Crippen LogP contribution in [0.4, 0.5) is 0 Å². The molecule has 7 heteroatoms. The SMILES string of the molecule is CCOC(=O)[C@@H](C)Oc1ccc2c(=O)c(Oc3cc(C)c(Cl)c(C)c3)coc2c1. The molecule has 1 heterocycles. The minimum atomic E-state index is -0.780. The molecular formula is C22H21ClO6. The molecule has 0 unspecified atom stereocenters. The number of esters is 1. The van der Waals surface area contributed by atoms with Crippen LogP contribution in [-0.4, -0.2) is 18.7 Å². The number of carbonyl (C=O) groups excluding carboxylic acids is 1. The minimum Gasteiger partial charge on any atom is -0.479 e. The number of benzene rings is 2. The maximum absolute atomic E-state index is 12.8. The third kappa shape index (κ3) is 4.54. The normalized spacial score (nSPS) is 11.9. The first-order valence-electron chi connectivity index (χ1n) is 9.13. The van der Waals surface area contributed by atoms with E-state index in [4.69, 9.17) is 30.2 Å². The second-order valence-corrected chi connectivity index (χ2v) is 6.95. The highest BCUT2D eigenvalue weighted by Gasteiger charge is 2.17. The molecule has 0 spiro atoms. The van der Waals surface area contributed by atoms with Gasteiger partial charge in [0.1, 0.15) is 23.3 Å². The fourth-order valence-corrected chi connectivity index (χ4v) is 2.95. The van der Waals surface area contributed by atoms with Crippen molar-refractivity contribution in [2.24, 2.45) is 0 Å². The van der Waals surface area contributed by atoms with Crippen molar-refractivity contribution in [2.75, 3.05) is 6.61 Å². The zero-order valence-electron chi connectivity index (χ0n) is 16.6. The Balaban J connectivity index is 1.87. The number of hydrogen-bond donors (Lipinski definition) is 0. The lowest BCUT2D eigenvalue weighted by Gasteiger charge is -2.13. The Morgan fingerprint density at radius 1 is 1.14 bits per heavy atom. The lowest BCUT2D eigenvalue weighted by Crippen LogP contribution is -2.26. The van der Waals surface area contributed by atoms with E-state index in [2.05, 4.69) is 0 Å². The summed E-state index contributed by atoms with van der Waals surface area (Å²) in [4.78, 5) is 24.5. The summed E-state index contributed by atoms with van der Waals surface area (Å²) in [5, 5.41) is 0.994. The topological polar surface area (TPSA) is 75.0 Å². The largest absolute Gasteiger partial charge is 0.479 e. The second-order valence-electron chi connectivity index (χ2n) is 6.57. The van der Waals surface area contributed by atoms with Gasteiger partial charge in [-0.1, -0.05) is 11.6 Å². The van der Waals surface area contributed by atoms with Crippen LogP contribution >= 0.6 is 11.6 Å². The van der Waals surface area contributed by atoms with Gasteiger partial charge in [-0.15, -0.1) is 0 Å². The first kappa shape index (κ1) is 20.7. The Hall–Kier alpha value is -2.99. The van der Waals surface area contributed by atoms with Crippen LogP contribution in [0.15, 0.2) is 45.8 Å². The monoisotopic (exact) mass is 416 g/mol. The van der Waals surface area contributed by atoms with Crippen LogP contribution in [-0.2, 0) is 9.53 Å². The molecule has 0 aliphatic carbocycles. The van der Waals surface area contributed by atoms with Gasteiger partial charge in [0.2, 0.25) is 11.2 Å². The molecule has 0 amide bonds. The van der Waals surface area contributed by atoms with E-state index in [1.807, 2.05) is 13.8 Å². The van der Waals surface area contributed by atoms with Gasteiger partial charge in [0.15, 0.2) is 6.10 Å². The lowest BCUT2D eigenvalue weighted by atomic mass is 10.1. The predicted octanol–water partition coefficient (Wildman–Crippen LogP) is 5.19. The molecule has 3 rings (SSSR count). The van der Waals surface area contributed by atoms with Gasteiger partial charge in [0.25, 0.3) is 0 Å². The number of rotatable bonds is 6. The van der Waals surface area contributed by atoms with Crippen molar-refractivity contribution < 1.29 is 23.4 Å². The average Bonchev–Trinajstić information content (AvgIpc) is 2.68. The van der Waals surface area contributed by atoms with Crippen LogP contribution in [0.25, 0.3) is 11.0 Å². The fourth-order valence-electron chi connectivity index (χ4n) is 2.84. The van der Waals surface area contributed by atoms with Gasteiger partial charge in [0, 0.05) is 11.1 Å². The first-order chi connectivity index (χ1) is 13.8. The fraction of sp³-hybridized carbons (Fsp3) is 0.273. The molecule has 0 bridgehead atoms. The second kappa shape index (κ2) is 8.57. The van der Waals surface area contributed by atoms with E-state index in [-0.39, 0.29) is 17.8 Å². The minimum absolute atomic E-state index is 0.0622. The van der Waals surface area contributed by atoms with Crippen LogP contribution in [0.3, 0.4) is 0 Å². The average molecular weight is 417 g/mol. The van der Waals surface area contributed by atoms with Crippen molar-refractivity contribution in [1.29, 1.82) is 0 Å². The third-order valence-corrected chi connectivity index (χ3v) is 4.88. The van der Waals surface area contributed by atoms with E-state index in [0.29, 0.717) is 27.5 Å². The standard InChI is InChI=1S/C22H21ClO6/c1-5-26-22(25)14(4)28-15-6-7-17-18(10-15)27-11-19(21(17)24)29-16-8-12(2)20(23)13(3)9-16/h6-11,14H,5H2,1-4H3/t14-/m1/s1. The van der Waals surface area contributed by atoms with Crippen molar-refractivity contribution in [3.63, 3.8) is 0 Å². The molecule has 6 nitrogen and oxygen atoms in total. The highest BCUT2D eigenvalue weighted by molar-refractivity contribution is 6.32. The summed E-state index contributed by atoms with van der Waals surface area (Å²) in [6, 6.07) is 8.22. The molecule has 0 fully saturated rings. The van der Waals surface area contributed by atoms with Gasteiger partial charge in [-0.3, -0.25) is 4.79 Å². The molecule has 0 aliphatic rings. The molecule has 1 atom stereocenters. The van der Waals surface area contributed by atoms with Crippen LogP contribution in [0.2, 0.25) is 5.02 Å². The Morgan fingerprint density at radius 2 is 1.83 bits per heavy atom. The molecule has 29 heavy (non-hydrogen) atoms. The summed E-state index contributed by atoms with van der Waals surface area (Å²) in [6.45, 7) is 7.31. The molecule has 0 aliphatic heterocycles. The van der Waals surface area contributed by atoms with Crippen LogP contribution < -0.4 is 14.9 Å². The summed E-state index contributed by atoms with van der Waals surface area (Å²) >= 11 is 6.17. The molecule has 3 aromatic rings. The van der Waals surface area contributed by atoms with E-state index < -0.39 is 12.1 Å². The van der Waals surface area contributed by atoms with Gasteiger partial charge in [0.05, 0.1) is 12.0 Å². The Bertz CT molecular complexity index is 1090. The number of hydrogen-bond acceptors (Lipinski definition) is 6. The van der Waals surface area contributed by atoms with Gasteiger partial charge in [-0.05, 0) is 63.1 Å². The molecule has 0 N–H and O–H groups in total. The van der Waals surface area contributed by atoms with E-state index in [1.165, 1.54) is 6.26 Å². The van der Waals surface area contributed by atoms with Crippen molar-refractivity contribution in [2.45, 2.75) is 33.8 Å². The molecule has 2 aromatic carbocycles.